The molecular formula is C32H49N4O2P. The van der Waals surface area contributed by atoms with E-state index in [-0.39, 0.29) is 17.2 Å². The molecule has 1 aromatic carbocycles. The first kappa shape index (κ1) is 35.7. The van der Waals surface area contributed by atoms with Crippen LogP contribution in [0.3, 0.4) is 0 Å². The number of hydrazone groups is 1. The first-order valence-electron chi connectivity index (χ1n) is 13.4. The van der Waals surface area contributed by atoms with Crippen LogP contribution in [0.4, 0.5) is 0 Å². The van der Waals surface area contributed by atoms with Crippen LogP contribution in [-0.4, -0.2) is 35.9 Å². The largest absolute Gasteiger partial charge is 0.492 e. The molecule has 0 aliphatic carbocycles. The predicted molar refractivity (Wildman–Crippen MR) is 171 cm³/mol. The van der Waals surface area contributed by atoms with Crippen molar-refractivity contribution in [3.63, 3.8) is 0 Å². The van der Waals surface area contributed by atoms with E-state index in [1.807, 2.05) is 26.8 Å². The molecule has 2 atom stereocenters. The fraction of sp³-hybridized carbons (Fsp3) is 0.438. The quantitative estimate of drug-likeness (QED) is 0.0788. The van der Waals surface area contributed by atoms with E-state index >= 15 is 0 Å². The minimum atomic E-state index is -0.259. The van der Waals surface area contributed by atoms with Crippen LogP contribution >= 0.6 is 9.24 Å². The van der Waals surface area contributed by atoms with E-state index in [9.17, 15) is 4.79 Å². The van der Waals surface area contributed by atoms with E-state index < -0.39 is 0 Å². The number of ether oxygens (including phenoxy) is 1. The molecule has 0 radical (unpaired) electrons. The van der Waals surface area contributed by atoms with Crippen LogP contribution in [0, 0.1) is 12.3 Å². The molecular weight excluding hydrogens is 503 g/mol. The van der Waals surface area contributed by atoms with Crippen molar-refractivity contribution in [3.05, 3.63) is 83.9 Å². The van der Waals surface area contributed by atoms with E-state index in [1.165, 1.54) is 10.6 Å². The molecule has 6 nitrogen and oxygen atoms in total. The van der Waals surface area contributed by atoms with Crippen LogP contribution in [0.25, 0.3) is 0 Å². The fourth-order valence-corrected chi connectivity index (χ4v) is 3.75. The second kappa shape index (κ2) is 18.9. The van der Waals surface area contributed by atoms with E-state index in [2.05, 4.69) is 109 Å². The molecule has 1 aliphatic rings. The van der Waals surface area contributed by atoms with Crippen LogP contribution in [0.5, 0.6) is 0 Å². The first-order valence-corrected chi connectivity index (χ1v) is 14.0. The second-order valence-corrected chi connectivity index (χ2v) is 10.8. The maximum atomic E-state index is 12.9. The summed E-state index contributed by atoms with van der Waals surface area (Å²) in [6.07, 6.45) is 11.8. The van der Waals surface area contributed by atoms with Gasteiger partial charge in [0, 0.05) is 16.9 Å². The van der Waals surface area contributed by atoms with Gasteiger partial charge in [-0.15, -0.1) is 34.7 Å². The average molecular weight is 553 g/mol. The number of nitrogens with zero attached hydrogens (tertiary/aromatic N) is 2. The smallest absolute Gasteiger partial charge is 0.270 e. The Morgan fingerprint density at radius 1 is 1.31 bits per heavy atom. The number of carbonyl (C=O) groups excluding carboxylic acids is 1. The third kappa shape index (κ3) is 12.4. The van der Waals surface area contributed by atoms with E-state index in [4.69, 9.17) is 4.74 Å². The van der Waals surface area contributed by atoms with Gasteiger partial charge in [-0.1, -0.05) is 58.0 Å². The standard InChI is InChI=1S/C27H41N4O2P.C3H4.C2H4/c1-8-11-24(25(10-3)33-16-9-2)28-18-23-17-26(32)31(20(5)29-23)30-19(4)21-12-14-22(15-13-21)27(6,7)34;1-3-2;1-2/h10-15,17,20,28-29H,8-9,16,18,34H2,1-7H3;1H,2H3;1-2H2/b24-11+,25-10+,30-19+;;. The van der Waals surface area contributed by atoms with Gasteiger partial charge in [-0.05, 0) is 57.7 Å². The summed E-state index contributed by atoms with van der Waals surface area (Å²) in [6.45, 7) is 23.1. The van der Waals surface area contributed by atoms with Crippen molar-refractivity contribution in [2.75, 3.05) is 13.2 Å². The third-order valence-electron chi connectivity index (χ3n) is 5.46. The number of hydrogen-bond acceptors (Lipinski definition) is 5. The van der Waals surface area contributed by atoms with Crippen molar-refractivity contribution in [1.29, 1.82) is 0 Å². The zero-order valence-corrected chi connectivity index (χ0v) is 26.4. The van der Waals surface area contributed by atoms with Gasteiger partial charge >= 0.3 is 0 Å². The monoisotopic (exact) mass is 552 g/mol. The normalized spacial score (nSPS) is 15.9. The summed E-state index contributed by atoms with van der Waals surface area (Å²) in [5, 5.41) is 12.9. The molecule has 1 aromatic rings. The zero-order chi connectivity index (χ0) is 30.0. The van der Waals surface area contributed by atoms with Crippen molar-refractivity contribution in [1.82, 2.24) is 15.6 Å². The summed E-state index contributed by atoms with van der Waals surface area (Å²) < 4.78 is 5.86. The molecule has 2 rings (SSSR count). The first-order chi connectivity index (χ1) is 18.5. The summed E-state index contributed by atoms with van der Waals surface area (Å²) in [5.41, 5.74) is 4.78. The number of terminal acetylenes is 1. The molecule has 1 amide bonds. The lowest BCUT2D eigenvalue weighted by Gasteiger charge is -2.31. The van der Waals surface area contributed by atoms with Gasteiger partial charge in [0.1, 0.15) is 11.9 Å². The number of nitrogens with one attached hydrogen (secondary N) is 2. The third-order valence-corrected chi connectivity index (χ3v) is 5.79. The molecule has 1 heterocycles. The lowest BCUT2D eigenvalue weighted by molar-refractivity contribution is -0.129. The summed E-state index contributed by atoms with van der Waals surface area (Å²) in [4.78, 5) is 12.9. The van der Waals surface area contributed by atoms with Crippen molar-refractivity contribution in [2.45, 2.75) is 79.6 Å². The summed E-state index contributed by atoms with van der Waals surface area (Å²) in [7, 11) is 2.86. The minimum absolute atomic E-state index is 0.0159. The Hall–Kier alpha value is -3.29. The van der Waals surface area contributed by atoms with Crippen LogP contribution in [-0.2, 0) is 14.7 Å². The average Bonchev–Trinajstić information content (AvgIpc) is 2.90. The second-order valence-electron chi connectivity index (χ2n) is 9.33. The highest BCUT2D eigenvalue weighted by Crippen LogP contribution is 2.30. The highest BCUT2D eigenvalue weighted by Gasteiger charge is 2.25. The zero-order valence-electron chi connectivity index (χ0n) is 25.2. The highest BCUT2D eigenvalue weighted by atomic mass is 31.0. The Morgan fingerprint density at radius 2 is 1.90 bits per heavy atom. The Kier molecular flexibility index (Phi) is 17.3. The maximum absolute atomic E-state index is 12.9. The molecule has 0 saturated carbocycles. The number of benzene rings is 1. The summed E-state index contributed by atoms with van der Waals surface area (Å²) in [5.74, 6) is 2.94. The van der Waals surface area contributed by atoms with Gasteiger partial charge in [0.15, 0.2) is 0 Å². The van der Waals surface area contributed by atoms with Crippen molar-refractivity contribution >= 4 is 20.9 Å². The van der Waals surface area contributed by atoms with Gasteiger partial charge in [-0.25, -0.2) is 5.01 Å². The number of carbonyl (C=O) groups is 1. The van der Waals surface area contributed by atoms with Crippen LogP contribution in [0.2, 0.25) is 0 Å². The van der Waals surface area contributed by atoms with Gasteiger partial charge in [-0.3, -0.25) is 4.79 Å². The Balaban J connectivity index is 0.00000269. The SMILES string of the molecule is C#CC.C/C=C(OCCC)\C(=C/CC)NCC1=CC(=O)N(/N=C(\C)c2ccc(C(C)(C)P)cc2)C(C)N1.C=C. The van der Waals surface area contributed by atoms with Crippen molar-refractivity contribution in [2.24, 2.45) is 5.10 Å². The van der Waals surface area contributed by atoms with E-state index in [1.54, 1.807) is 13.0 Å². The minimum Gasteiger partial charge on any atom is -0.492 e. The Bertz CT molecular complexity index is 1060. The van der Waals surface area contributed by atoms with Gasteiger partial charge in [-0.2, -0.15) is 5.10 Å². The molecule has 0 aromatic heterocycles. The Labute approximate surface area is 239 Å². The summed E-state index contributed by atoms with van der Waals surface area (Å²) in [6, 6.07) is 8.32. The number of allylic oxidation sites excluding steroid dienone is 2. The van der Waals surface area contributed by atoms with Gasteiger partial charge in [0.25, 0.3) is 5.91 Å². The topological polar surface area (TPSA) is 66.0 Å². The van der Waals surface area contributed by atoms with Gasteiger partial charge in [0.05, 0.1) is 24.6 Å². The van der Waals surface area contributed by atoms with Crippen LogP contribution in [0.15, 0.2) is 77.9 Å². The molecule has 2 unspecified atom stereocenters. The maximum Gasteiger partial charge on any atom is 0.270 e. The molecule has 39 heavy (non-hydrogen) atoms. The van der Waals surface area contributed by atoms with Gasteiger partial charge in [0.2, 0.25) is 0 Å². The molecule has 1 aliphatic heterocycles. The molecule has 2 N–H and O–H groups in total. The predicted octanol–water partition coefficient (Wildman–Crippen LogP) is 6.84. The lowest BCUT2D eigenvalue weighted by atomic mass is 10.00. The molecule has 7 heteroatoms. The number of rotatable bonds is 11. The van der Waals surface area contributed by atoms with E-state index in [0.717, 1.165) is 41.3 Å². The van der Waals surface area contributed by atoms with Crippen LogP contribution in [0.1, 0.15) is 79.4 Å². The number of hydrogen-bond donors (Lipinski definition) is 2. The molecule has 214 valence electrons. The molecule has 0 saturated heterocycles. The van der Waals surface area contributed by atoms with Crippen molar-refractivity contribution < 1.29 is 9.53 Å². The Morgan fingerprint density at radius 3 is 2.36 bits per heavy atom. The molecule has 0 bridgehead atoms. The highest BCUT2D eigenvalue weighted by molar-refractivity contribution is 7.18. The molecule has 0 fully saturated rings. The van der Waals surface area contributed by atoms with E-state index in [0.29, 0.717) is 13.2 Å². The summed E-state index contributed by atoms with van der Waals surface area (Å²) >= 11 is 0. The fourth-order valence-electron chi connectivity index (χ4n) is 3.56. The van der Waals surface area contributed by atoms with Crippen LogP contribution < -0.4 is 10.6 Å². The van der Waals surface area contributed by atoms with Gasteiger partial charge < -0.3 is 15.4 Å². The lowest BCUT2D eigenvalue weighted by Crippen LogP contribution is -2.49. The number of amides is 1. The molecule has 0 spiro atoms. The van der Waals surface area contributed by atoms with Crippen molar-refractivity contribution in [3.8, 4) is 12.3 Å².